The molecule has 0 spiro atoms. The topological polar surface area (TPSA) is 96.9 Å². The van der Waals surface area contributed by atoms with E-state index in [1.54, 1.807) is 0 Å². The number of halogens is 3. The molecule has 0 radical (unpaired) electrons. The molecule has 3 atom stereocenters. The number of methoxy groups -OCH3 is 2. The molecule has 0 bridgehead atoms. The van der Waals surface area contributed by atoms with Crippen LogP contribution in [0.25, 0.3) is 0 Å². The fourth-order valence-electron chi connectivity index (χ4n) is 3.24. The first-order valence-electron chi connectivity index (χ1n) is 8.29. The summed E-state index contributed by atoms with van der Waals surface area (Å²) in [6.07, 6.45) is -5.31. The Hall–Kier alpha value is -2.79. The van der Waals surface area contributed by atoms with Gasteiger partial charge in [0.2, 0.25) is 5.72 Å². The maximum Gasteiger partial charge on any atom is 0.437 e. The number of alkyl halides is 3. The van der Waals surface area contributed by atoms with Crippen LogP contribution in [0, 0.1) is 5.92 Å². The second-order valence-electron chi connectivity index (χ2n) is 6.27. The number of Topliss-reactive ketones (excluding diaryl/α,β-unsaturated/α-hetero) is 1. The van der Waals surface area contributed by atoms with Crippen LogP contribution in [0.5, 0.6) is 11.5 Å². The molecule has 3 rings (SSSR count). The van der Waals surface area contributed by atoms with Gasteiger partial charge in [-0.3, -0.25) is 4.79 Å². The molecule has 1 aliphatic heterocycles. The van der Waals surface area contributed by atoms with Gasteiger partial charge < -0.3 is 25.2 Å². The number of amides is 2. The van der Waals surface area contributed by atoms with Crippen molar-refractivity contribution in [3.8, 4) is 11.5 Å². The zero-order chi connectivity index (χ0) is 21.4. The van der Waals surface area contributed by atoms with Crippen LogP contribution in [0.1, 0.15) is 21.3 Å². The van der Waals surface area contributed by atoms with E-state index >= 15 is 0 Å². The number of aliphatic hydroxyl groups is 1. The number of ketones is 1. The van der Waals surface area contributed by atoms with E-state index in [0.29, 0.717) is 5.75 Å². The Labute approximate surface area is 167 Å². The third-order valence-electron chi connectivity index (χ3n) is 4.62. The van der Waals surface area contributed by atoms with Crippen molar-refractivity contribution in [2.45, 2.75) is 17.9 Å². The first kappa shape index (κ1) is 20.9. The van der Waals surface area contributed by atoms with E-state index < -0.39 is 35.7 Å². The molecule has 7 nitrogen and oxygen atoms in total. The molecule has 1 aliphatic rings. The second kappa shape index (κ2) is 7.56. The monoisotopic (exact) mass is 430 g/mol. The lowest BCUT2D eigenvalue weighted by Crippen LogP contribution is -2.72. The Morgan fingerprint density at radius 3 is 2.45 bits per heavy atom. The first-order chi connectivity index (χ1) is 13.6. The Morgan fingerprint density at radius 1 is 1.21 bits per heavy atom. The van der Waals surface area contributed by atoms with E-state index in [-0.39, 0.29) is 16.2 Å². The number of carbonyl (C=O) groups is 2. The molecule has 1 aromatic heterocycles. The Morgan fingerprint density at radius 2 is 1.90 bits per heavy atom. The molecular weight excluding hydrogens is 413 g/mol. The van der Waals surface area contributed by atoms with Crippen LogP contribution in [0.15, 0.2) is 35.7 Å². The molecule has 1 aromatic carbocycles. The summed E-state index contributed by atoms with van der Waals surface area (Å²) in [6.45, 7) is 0. The molecule has 0 aliphatic carbocycles. The highest BCUT2D eigenvalue weighted by Gasteiger charge is 2.66. The van der Waals surface area contributed by atoms with Crippen molar-refractivity contribution in [2.24, 2.45) is 5.92 Å². The van der Waals surface area contributed by atoms with Crippen molar-refractivity contribution in [1.29, 1.82) is 0 Å². The van der Waals surface area contributed by atoms with Gasteiger partial charge in [-0.05, 0) is 29.1 Å². The number of thiophene rings is 1. The Bertz CT molecular complexity index is 919. The van der Waals surface area contributed by atoms with Gasteiger partial charge in [-0.15, -0.1) is 11.3 Å². The normalized spacial score (nSPS) is 24.4. The van der Waals surface area contributed by atoms with Gasteiger partial charge >= 0.3 is 12.2 Å². The lowest BCUT2D eigenvalue weighted by Gasteiger charge is -2.44. The van der Waals surface area contributed by atoms with Crippen molar-refractivity contribution < 1.29 is 37.3 Å². The van der Waals surface area contributed by atoms with Crippen LogP contribution in [0.2, 0.25) is 0 Å². The lowest BCUT2D eigenvalue weighted by molar-refractivity contribution is -0.287. The number of hydrogen-bond donors (Lipinski definition) is 3. The van der Waals surface area contributed by atoms with Crippen LogP contribution in [0.3, 0.4) is 0 Å². The number of ether oxygens (including phenoxy) is 2. The van der Waals surface area contributed by atoms with Gasteiger partial charge in [0.25, 0.3) is 0 Å². The molecule has 2 amide bonds. The van der Waals surface area contributed by atoms with Crippen LogP contribution in [-0.4, -0.2) is 43.0 Å². The molecule has 1 saturated heterocycles. The second-order valence-corrected chi connectivity index (χ2v) is 7.22. The van der Waals surface area contributed by atoms with E-state index in [0.717, 1.165) is 11.3 Å². The summed E-state index contributed by atoms with van der Waals surface area (Å²) in [5, 5.41) is 15.8. The summed E-state index contributed by atoms with van der Waals surface area (Å²) >= 11 is 0.935. The summed E-state index contributed by atoms with van der Waals surface area (Å²) in [6, 6.07) is 4.28. The van der Waals surface area contributed by atoms with Crippen molar-refractivity contribution in [3.05, 3.63) is 46.2 Å². The standard InChI is InChI=1S/C18H17F3N2O5S/c1-27-10-6-5-9(8-11(10)28-2)14-13(15(24)12-4-3-7-29-12)17(26,18(19,20)21)23-16(25)22-14/h3-8,13-14,26H,1-2H3,(H2,22,23,25)/t13-,14-,17-/m0/s1. The van der Waals surface area contributed by atoms with Crippen molar-refractivity contribution in [1.82, 2.24) is 10.6 Å². The fourth-order valence-corrected chi connectivity index (χ4v) is 3.94. The minimum atomic E-state index is -5.31. The molecule has 29 heavy (non-hydrogen) atoms. The first-order valence-corrected chi connectivity index (χ1v) is 9.17. The zero-order valence-corrected chi connectivity index (χ0v) is 16.1. The number of carbonyl (C=O) groups excluding carboxylic acids is 2. The van der Waals surface area contributed by atoms with E-state index in [2.05, 4.69) is 5.32 Å². The molecule has 1 fully saturated rings. The SMILES string of the molecule is COc1ccc([C@@H]2NC(=O)N[C@@](O)(C(F)(F)F)[C@@H]2C(=O)c2cccs2)cc1OC. The van der Waals surface area contributed by atoms with Gasteiger partial charge in [0, 0.05) is 0 Å². The summed E-state index contributed by atoms with van der Waals surface area (Å²) in [5.74, 6) is -2.55. The van der Waals surface area contributed by atoms with Gasteiger partial charge in [0.15, 0.2) is 17.3 Å². The molecule has 11 heteroatoms. The number of benzene rings is 1. The third-order valence-corrected chi connectivity index (χ3v) is 5.50. The largest absolute Gasteiger partial charge is 0.493 e. The van der Waals surface area contributed by atoms with Gasteiger partial charge in [0.05, 0.1) is 25.1 Å². The minimum Gasteiger partial charge on any atom is -0.493 e. The van der Waals surface area contributed by atoms with Gasteiger partial charge in [-0.2, -0.15) is 13.2 Å². The molecule has 0 saturated carbocycles. The van der Waals surface area contributed by atoms with E-state index in [4.69, 9.17) is 9.47 Å². The molecule has 0 unspecified atom stereocenters. The van der Waals surface area contributed by atoms with E-state index in [1.165, 1.54) is 55.2 Å². The van der Waals surface area contributed by atoms with Crippen LogP contribution >= 0.6 is 11.3 Å². The molecular formula is C18H17F3N2O5S. The summed E-state index contributed by atoms with van der Waals surface area (Å²) in [7, 11) is 2.72. The Kier molecular flexibility index (Phi) is 5.46. The average molecular weight is 430 g/mol. The fraction of sp³-hybridized carbons (Fsp3) is 0.333. The van der Waals surface area contributed by atoms with Crippen LogP contribution in [0.4, 0.5) is 18.0 Å². The summed E-state index contributed by atoms with van der Waals surface area (Å²) in [5.41, 5.74) is -3.64. The smallest absolute Gasteiger partial charge is 0.437 e. The highest BCUT2D eigenvalue weighted by molar-refractivity contribution is 7.12. The number of urea groups is 1. The molecule has 3 N–H and O–H groups in total. The number of rotatable bonds is 5. The van der Waals surface area contributed by atoms with Crippen LogP contribution < -0.4 is 20.1 Å². The quantitative estimate of drug-likeness (QED) is 0.634. The van der Waals surface area contributed by atoms with Gasteiger partial charge in [-0.1, -0.05) is 12.1 Å². The number of hydrogen-bond acceptors (Lipinski definition) is 6. The highest BCUT2D eigenvalue weighted by atomic mass is 32.1. The molecule has 2 aromatic rings. The predicted molar refractivity (Wildman–Crippen MR) is 97.1 cm³/mol. The van der Waals surface area contributed by atoms with E-state index in [1.807, 2.05) is 0 Å². The average Bonchev–Trinajstić information content (AvgIpc) is 3.20. The number of nitrogens with one attached hydrogen (secondary N) is 2. The third kappa shape index (κ3) is 3.62. The minimum absolute atomic E-state index is 0.0149. The van der Waals surface area contributed by atoms with Gasteiger partial charge in [-0.25, -0.2) is 4.79 Å². The van der Waals surface area contributed by atoms with Crippen LogP contribution in [-0.2, 0) is 0 Å². The Balaban J connectivity index is 2.17. The zero-order valence-electron chi connectivity index (χ0n) is 15.2. The highest BCUT2D eigenvalue weighted by Crippen LogP contribution is 2.45. The van der Waals surface area contributed by atoms with Crippen molar-refractivity contribution in [2.75, 3.05) is 14.2 Å². The van der Waals surface area contributed by atoms with Crippen molar-refractivity contribution >= 4 is 23.2 Å². The molecule has 2 heterocycles. The lowest BCUT2D eigenvalue weighted by atomic mass is 9.78. The summed E-state index contributed by atoms with van der Waals surface area (Å²) in [4.78, 5) is 25.0. The maximum atomic E-state index is 13.8. The van der Waals surface area contributed by atoms with Gasteiger partial charge in [0.1, 0.15) is 5.92 Å². The predicted octanol–water partition coefficient (Wildman–Crippen LogP) is 2.87. The van der Waals surface area contributed by atoms with Crippen molar-refractivity contribution in [3.63, 3.8) is 0 Å². The maximum absolute atomic E-state index is 13.8. The van der Waals surface area contributed by atoms with E-state index in [9.17, 15) is 27.9 Å². The summed E-state index contributed by atoms with van der Waals surface area (Å²) < 4.78 is 51.7. The molecule has 156 valence electrons.